The monoisotopic (exact) mass is 128 g/mol. The Morgan fingerprint density at radius 2 is 2.22 bits per heavy atom. The molecule has 0 amide bonds. The minimum Gasteiger partial charge on any atom is -0.389 e. The minimum atomic E-state index is -0.507. The van der Waals surface area contributed by atoms with Crippen molar-refractivity contribution in [2.24, 2.45) is 0 Å². The molecule has 1 aliphatic carbocycles. The topological polar surface area (TPSA) is 37.3 Å². The van der Waals surface area contributed by atoms with Crippen molar-refractivity contribution in [2.45, 2.75) is 26.4 Å². The van der Waals surface area contributed by atoms with E-state index in [1.165, 1.54) is 12.2 Å². The van der Waals surface area contributed by atoms with Crippen LogP contribution in [0.2, 0.25) is 0 Å². The fourth-order valence-electron chi connectivity index (χ4n) is 0.561. The zero-order chi connectivity index (χ0) is 7.28. The Labute approximate surface area is 55.2 Å². The molecule has 2 heteroatoms. The summed E-state index contributed by atoms with van der Waals surface area (Å²) in [4.78, 5) is 10.2. The highest BCUT2D eigenvalue weighted by Crippen LogP contribution is 2.03. The molecule has 0 heterocycles. The van der Waals surface area contributed by atoms with Gasteiger partial charge in [0.05, 0.1) is 6.10 Å². The first-order valence-electron chi connectivity index (χ1n) is 3.18. The van der Waals surface area contributed by atoms with Crippen molar-refractivity contribution < 1.29 is 9.90 Å². The van der Waals surface area contributed by atoms with E-state index < -0.39 is 6.10 Å². The van der Waals surface area contributed by atoms with Crippen molar-refractivity contribution in [2.75, 3.05) is 0 Å². The van der Waals surface area contributed by atoms with Gasteiger partial charge >= 0.3 is 0 Å². The highest BCUT2D eigenvalue weighted by Gasteiger charge is 2.10. The van der Waals surface area contributed by atoms with Crippen molar-refractivity contribution in [3.05, 3.63) is 12.2 Å². The van der Waals surface area contributed by atoms with Gasteiger partial charge in [-0.2, -0.15) is 0 Å². The van der Waals surface area contributed by atoms with E-state index in [0.29, 0.717) is 0 Å². The Bertz CT molecular complexity index is 116. The molecule has 1 aliphatic rings. The summed E-state index contributed by atoms with van der Waals surface area (Å²) in [5, 5.41) is 8.59. The lowest BCUT2D eigenvalue weighted by atomic mass is 10.3. The van der Waals surface area contributed by atoms with Gasteiger partial charge < -0.3 is 5.11 Å². The van der Waals surface area contributed by atoms with Gasteiger partial charge in [0.15, 0.2) is 5.78 Å². The molecule has 0 aliphatic heterocycles. The van der Waals surface area contributed by atoms with Crippen LogP contribution in [0.1, 0.15) is 20.3 Å². The number of hydrogen-bond acceptors (Lipinski definition) is 2. The molecule has 1 rings (SSSR count). The van der Waals surface area contributed by atoms with Crippen LogP contribution in [0.25, 0.3) is 0 Å². The second kappa shape index (κ2) is 4.27. The van der Waals surface area contributed by atoms with Gasteiger partial charge in [0, 0.05) is 6.42 Å². The van der Waals surface area contributed by atoms with Gasteiger partial charge in [-0.15, -0.1) is 0 Å². The van der Waals surface area contributed by atoms with Crippen molar-refractivity contribution in [1.82, 2.24) is 0 Å². The lowest BCUT2D eigenvalue weighted by Crippen LogP contribution is -1.99. The number of allylic oxidation sites excluding steroid dienone is 1. The van der Waals surface area contributed by atoms with Crippen LogP contribution in [0, 0.1) is 0 Å². The Kier molecular flexibility index (Phi) is 3.97. The van der Waals surface area contributed by atoms with Crippen LogP contribution in [0.5, 0.6) is 0 Å². The maximum Gasteiger partial charge on any atom is 0.158 e. The summed E-state index contributed by atoms with van der Waals surface area (Å²) < 4.78 is 0. The molecule has 52 valence electrons. The summed E-state index contributed by atoms with van der Waals surface area (Å²) in [6.45, 7) is 4.00. The molecule has 1 atom stereocenters. The molecule has 0 aromatic heterocycles. The average molecular weight is 128 g/mol. The average Bonchev–Trinajstić information content (AvgIpc) is 2.20. The summed E-state index contributed by atoms with van der Waals surface area (Å²) in [6, 6.07) is 0. The zero-order valence-electron chi connectivity index (χ0n) is 5.79. The Balaban J connectivity index is 0.000000291. The van der Waals surface area contributed by atoms with Crippen molar-refractivity contribution >= 4 is 5.78 Å². The van der Waals surface area contributed by atoms with E-state index >= 15 is 0 Å². The molecule has 2 nitrogen and oxygen atoms in total. The number of aliphatic hydroxyl groups is 1. The fourth-order valence-corrected chi connectivity index (χ4v) is 0.561. The van der Waals surface area contributed by atoms with Crippen LogP contribution in [0.15, 0.2) is 12.2 Å². The quantitative estimate of drug-likeness (QED) is 0.526. The van der Waals surface area contributed by atoms with E-state index in [2.05, 4.69) is 0 Å². The number of rotatable bonds is 0. The number of ketones is 1. The minimum absolute atomic E-state index is 0.0208. The molecule has 0 fully saturated rings. The van der Waals surface area contributed by atoms with Crippen LogP contribution >= 0.6 is 0 Å². The Morgan fingerprint density at radius 1 is 1.67 bits per heavy atom. The maximum absolute atomic E-state index is 10.2. The van der Waals surface area contributed by atoms with Gasteiger partial charge in [0.25, 0.3) is 0 Å². The first-order chi connectivity index (χ1) is 4.29. The predicted molar refractivity (Wildman–Crippen MR) is 36.1 cm³/mol. The van der Waals surface area contributed by atoms with E-state index in [0.717, 1.165) is 0 Å². The third-order valence-corrected chi connectivity index (χ3v) is 0.915. The molecular weight excluding hydrogens is 116 g/mol. The van der Waals surface area contributed by atoms with Crippen molar-refractivity contribution in [1.29, 1.82) is 0 Å². The zero-order valence-corrected chi connectivity index (χ0v) is 5.79. The largest absolute Gasteiger partial charge is 0.389 e. The number of carbonyl (C=O) groups excluding carboxylic acids is 1. The van der Waals surface area contributed by atoms with Gasteiger partial charge in [-0.05, 0) is 6.08 Å². The highest BCUT2D eigenvalue weighted by atomic mass is 16.3. The Hall–Kier alpha value is -0.630. The summed E-state index contributed by atoms with van der Waals surface area (Å²) in [6.07, 6.45) is 2.68. The SMILES string of the molecule is CC.O=C1C=CC(O)C1. The molecule has 0 bridgehead atoms. The highest BCUT2D eigenvalue weighted by molar-refractivity contribution is 5.92. The maximum atomic E-state index is 10.2. The molecule has 1 unspecified atom stereocenters. The number of hydrogen-bond donors (Lipinski definition) is 1. The van der Waals surface area contributed by atoms with Gasteiger partial charge in [0.1, 0.15) is 0 Å². The van der Waals surface area contributed by atoms with E-state index in [1.54, 1.807) is 0 Å². The molecular formula is C7H12O2. The lowest BCUT2D eigenvalue weighted by molar-refractivity contribution is -0.114. The molecule has 0 saturated heterocycles. The first kappa shape index (κ1) is 8.37. The molecule has 0 saturated carbocycles. The summed E-state index contributed by atoms with van der Waals surface area (Å²) >= 11 is 0. The third kappa shape index (κ3) is 3.03. The van der Waals surface area contributed by atoms with E-state index in [1.807, 2.05) is 13.8 Å². The fraction of sp³-hybridized carbons (Fsp3) is 0.571. The number of carbonyl (C=O) groups is 1. The van der Waals surface area contributed by atoms with Gasteiger partial charge in [0.2, 0.25) is 0 Å². The summed E-state index contributed by atoms with van der Waals surface area (Å²) in [5.74, 6) is 0.0208. The molecule has 1 N–H and O–H groups in total. The first-order valence-corrected chi connectivity index (χ1v) is 3.18. The molecule has 0 aromatic carbocycles. The van der Waals surface area contributed by atoms with Crippen molar-refractivity contribution in [3.8, 4) is 0 Å². The van der Waals surface area contributed by atoms with Gasteiger partial charge in [-0.25, -0.2) is 0 Å². The molecule has 0 spiro atoms. The second-order valence-electron chi connectivity index (χ2n) is 1.60. The molecule has 0 aromatic rings. The number of aliphatic hydroxyl groups excluding tert-OH is 1. The van der Waals surface area contributed by atoms with Crippen LogP contribution in [-0.2, 0) is 4.79 Å². The van der Waals surface area contributed by atoms with Crippen LogP contribution < -0.4 is 0 Å². The third-order valence-electron chi connectivity index (χ3n) is 0.915. The Morgan fingerprint density at radius 3 is 2.33 bits per heavy atom. The van der Waals surface area contributed by atoms with Gasteiger partial charge in [-0.3, -0.25) is 4.79 Å². The van der Waals surface area contributed by atoms with E-state index in [-0.39, 0.29) is 12.2 Å². The molecule has 9 heavy (non-hydrogen) atoms. The van der Waals surface area contributed by atoms with E-state index in [9.17, 15) is 4.79 Å². The van der Waals surface area contributed by atoms with Crippen LogP contribution in [-0.4, -0.2) is 17.0 Å². The summed E-state index contributed by atoms with van der Waals surface area (Å²) in [7, 11) is 0. The lowest BCUT2D eigenvalue weighted by Gasteiger charge is -1.88. The smallest absolute Gasteiger partial charge is 0.158 e. The molecule has 0 radical (unpaired) electrons. The summed E-state index contributed by atoms with van der Waals surface area (Å²) in [5.41, 5.74) is 0. The second-order valence-corrected chi connectivity index (χ2v) is 1.60. The van der Waals surface area contributed by atoms with E-state index in [4.69, 9.17) is 5.11 Å². The van der Waals surface area contributed by atoms with Crippen LogP contribution in [0.4, 0.5) is 0 Å². The normalized spacial score (nSPS) is 23.4. The van der Waals surface area contributed by atoms with Gasteiger partial charge in [-0.1, -0.05) is 19.9 Å². The predicted octanol–water partition coefficient (Wildman–Crippen LogP) is 0.902. The standard InChI is InChI=1S/C5H6O2.C2H6/c6-4-1-2-5(7)3-4;1-2/h1-2,4,6H,3H2;1-2H3. The van der Waals surface area contributed by atoms with Crippen LogP contribution in [0.3, 0.4) is 0 Å². The van der Waals surface area contributed by atoms with Crippen molar-refractivity contribution in [3.63, 3.8) is 0 Å².